The largest absolute Gasteiger partial charge is 0.339 e. The maximum atomic E-state index is 12.5. The summed E-state index contributed by atoms with van der Waals surface area (Å²) in [5.41, 5.74) is 0.835. The summed E-state index contributed by atoms with van der Waals surface area (Å²) in [6.45, 7) is 2.38. The fourth-order valence-corrected chi connectivity index (χ4v) is 2.57. The van der Waals surface area contributed by atoms with Crippen LogP contribution in [-0.4, -0.2) is 41.3 Å². The highest BCUT2D eigenvalue weighted by Gasteiger charge is 2.38. The molecule has 2 rings (SSSR count). The highest BCUT2D eigenvalue weighted by molar-refractivity contribution is 7.98. The van der Waals surface area contributed by atoms with Crippen LogP contribution in [0.1, 0.15) is 18.5 Å². The Balaban J connectivity index is 2.22. The van der Waals surface area contributed by atoms with Crippen LogP contribution in [0.2, 0.25) is 0 Å². The second kappa shape index (κ2) is 6.10. The van der Waals surface area contributed by atoms with Crippen LogP contribution in [0.3, 0.4) is 0 Å². The summed E-state index contributed by atoms with van der Waals surface area (Å²) in [4.78, 5) is 26.1. The fourth-order valence-electron chi connectivity index (χ4n) is 2.19. The third kappa shape index (κ3) is 2.92. The molecule has 5 heteroatoms. The number of thioether (sulfide) groups is 1. The molecule has 1 fully saturated rings. The monoisotopic (exact) mass is 278 g/mol. The van der Waals surface area contributed by atoms with Crippen LogP contribution in [-0.2, 0) is 9.59 Å². The Morgan fingerprint density at radius 3 is 2.58 bits per heavy atom. The summed E-state index contributed by atoms with van der Waals surface area (Å²) in [6, 6.07) is 8.44. The van der Waals surface area contributed by atoms with E-state index in [1.54, 1.807) is 23.6 Å². The summed E-state index contributed by atoms with van der Waals surface area (Å²) in [6.07, 6.45) is 1.99. The van der Waals surface area contributed by atoms with Crippen LogP contribution in [0, 0.1) is 0 Å². The van der Waals surface area contributed by atoms with Crippen molar-refractivity contribution in [1.82, 2.24) is 10.2 Å². The van der Waals surface area contributed by atoms with Gasteiger partial charge in [-0.1, -0.05) is 30.3 Å². The molecule has 4 nitrogen and oxygen atoms in total. The Hall–Kier alpha value is -1.49. The van der Waals surface area contributed by atoms with E-state index in [1.807, 2.05) is 36.6 Å². The average molecular weight is 278 g/mol. The second-order valence-electron chi connectivity index (χ2n) is 4.55. The van der Waals surface area contributed by atoms with Crippen LogP contribution < -0.4 is 5.32 Å². The predicted molar refractivity (Wildman–Crippen MR) is 76.9 cm³/mol. The zero-order chi connectivity index (χ0) is 13.8. The number of nitrogens with zero attached hydrogens (tertiary/aromatic N) is 1. The van der Waals surface area contributed by atoms with Crippen molar-refractivity contribution in [3.8, 4) is 0 Å². The summed E-state index contributed by atoms with van der Waals surface area (Å²) < 4.78 is 0. The number of carbonyl (C=O) groups is 2. The van der Waals surface area contributed by atoms with E-state index in [0.717, 1.165) is 11.3 Å². The lowest BCUT2D eigenvalue weighted by Gasteiger charge is -2.37. The minimum absolute atomic E-state index is 0.0210. The molecule has 0 saturated carbocycles. The molecule has 0 aromatic heterocycles. The zero-order valence-electron chi connectivity index (χ0n) is 11.1. The molecule has 1 aromatic carbocycles. The van der Waals surface area contributed by atoms with Gasteiger partial charge in [0.05, 0.1) is 0 Å². The van der Waals surface area contributed by atoms with Crippen molar-refractivity contribution >= 4 is 23.6 Å². The first-order chi connectivity index (χ1) is 9.15. The van der Waals surface area contributed by atoms with Gasteiger partial charge in [-0.15, -0.1) is 0 Å². The third-order valence-corrected chi connectivity index (χ3v) is 3.92. The zero-order valence-corrected chi connectivity index (χ0v) is 11.9. The van der Waals surface area contributed by atoms with Gasteiger partial charge >= 0.3 is 0 Å². The van der Waals surface area contributed by atoms with Crippen LogP contribution in [0.15, 0.2) is 30.3 Å². The number of amides is 2. The van der Waals surface area contributed by atoms with E-state index in [4.69, 9.17) is 0 Å². The van der Waals surface area contributed by atoms with Crippen molar-refractivity contribution in [3.05, 3.63) is 35.9 Å². The normalized spacial score (nSPS) is 23.4. The topological polar surface area (TPSA) is 49.4 Å². The molecule has 1 aliphatic rings. The van der Waals surface area contributed by atoms with Crippen LogP contribution in [0.4, 0.5) is 0 Å². The fraction of sp³-hybridized carbons (Fsp3) is 0.429. The number of hydrogen-bond donors (Lipinski definition) is 1. The first kappa shape index (κ1) is 13.9. The lowest BCUT2D eigenvalue weighted by atomic mass is 10.0. The van der Waals surface area contributed by atoms with Crippen molar-refractivity contribution in [2.24, 2.45) is 0 Å². The molecule has 1 heterocycles. The Bertz CT molecular complexity index is 464. The molecule has 1 aromatic rings. The Morgan fingerprint density at radius 1 is 1.26 bits per heavy atom. The van der Waals surface area contributed by atoms with E-state index in [-0.39, 0.29) is 17.9 Å². The van der Waals surface area contributed by atoms with E-state index < -0.39 is 6.04 Å². The summed E-state index contributed by atoms with van der Waals surface area (Å²) in [5, 5.41) is 2.80. The molecule has 19 heavy (non-hydrogen) atoms. The highest BCUT2D eigenvalue weighted by atomic mass is 32.2. The molecule has 1 N–H and O–H groups in total. The maximum Gasteiger partial charge on any atom is 0.250 e. The molecule has 1 saturated heterocycles. The van der Waals surface area contributed by atoms with Gasteiger partial charge in [-0.25, -0.2) is 0 Å². The van der Waals surface area contributed by atoms with Gasteiger partial charge < -0.3 is 10.2 Å². The molecule has 2 amide bonds. The number of carbonyl (C=O) groups excluding carboxylic acids is 2. The second-order valence-corrected chi connectivity index (χ2v) is 5.54. The number of nitrogens with one attached hydrogen (secondary N) is 1. The van der Waals surface area contributed by atoms with E-state index in [1.165, 1.54) is 0 Å². The minimum atomic E-state index is -0.549. The van der Waals surface area contributed by atoms with Crippen molar-refractivity contribution in [1.29, 1.82) is 0 Å². The Morgan fingerprint density at radius 2 is 1.95 bits per heavy atom. The Labute approximate surface area is 117 Å². The maximum absolute atomic E-state index is 12.5. The number of rotatable bonds is 4. The summed E-state index contributed by atoms with van der Waals surface area (Å²) in [5.74, 6) is 0.729. The molecule has 1 aliphatic heterocycles. The van der Waals surface area contributed by atoms with Gasteiger partial charge in [-0.05, 0) is 18.7 Å². The number of piperazine rings is 1. The predicted octanol–water partition coefficient (Wildman–Crippen LogP) is 1.44. The van der Waals surface area contributed by atoms with Gasteiger partial charge in [0.2, 0.25) is 5.91 Å². The summed E-state index contributed by atoms with van der Waals surface area (Å²) >= 11 is 1.67. The molecular formula is C14H18N2O2S. The van der Waals surface area contributed by atoms with Crippen LogP contribution >= 0.6 is 11.8 Å². The van der Waals surface area contributed by atoms with Crippen LogP contribution in [0.5, 0.6) is 0 Å². The third-order valence-electron chi connectivity index (χ3n) is 3.33. The molecule has 102 valence electrons. The quantitative estimate of drug-likeness (QED) is 0.906. The van der Waals surface area contributed by atoms with Gasteiger partial charge in [0, 0.05) is 12.3 Å². The van der Waals surface area contributed by atoms with Crippen molar-refractivity contribution in [2.75, 3.05) is 18.6 Å². The molecule has 0 aliphatic carbocycles. The lowest BCUT2D eigenvalue weighted by molar-refractivity contribution is -0.148. The number of hydrogen-bond acceptors (Lipinski definition) is 3. The van der Waals surface area contributed by atoms with Crippen molar-refractivity contribution in [2.45, 2.75) is 19.0 Å². The molecule has 0 radical (unpaired) electrons. The molecule has 0 spiro atoms. The van der Waals surface area contributed by atoms with Gasteiger partial charge in [-0.2, -0.15) is 11.8 Å². The first-order valence-electron chi connectivity index (χ1n) is 6.30. The van der Waals surface area contributed by atoms with E-state index in [2.05, 4.69) is 5.32 Å². The molecular weight excluding hydrogens is 260 g/mol. The van der Waals surface area contributed by atoms with Gasteiger partial charge in [0.15, 0.2) is 0 Å². The van der Waals surface area contributed by atoms with Gasteiger partial charge in [-0.3, -0.25) is 9.59 Å². The van der Waals surface area contributed by atoms with E-state index >= 15 is 0 Å². The first-order valence-corrected chi connectivity index (χ1v) is 7.69. The van der Waals surface area contributed by atoms with Crippen molar-refractivity contribution < 1.29 is 9.59 Å². The minimum Gasteiger partial charge on any atom is -0.339 e. The molecule has 2 unspecified atom stereocenters. The number of benzene rings is 1. The summed E-state index contributed by atoms with van der Waals surface area (Å²) in [7, 11) is 0. The lowest BCUT2D eigenvalue weighted by Crippen LogP contribution is -2.58. The Kier molecular flexibility index (Phi) is 4.47. The van der Waals surface area contributed by atoms with Crippen molar-refractivity contribution in [3.63, 3.8) is 0 Å². The van der Waals surface area contributed by atoms with Gasteiger partial charge in [0.25, 0.3) is 5.91 Å². The highest BCUT2D eigenvalue weighted by Crippen LogP contribution is 2.22. The molecule has 0 bridgehead atoms. The van der Waals surface area contributed by atoms with E-state index in [0.29, 0.717) is 6.54 Å². The van der Waals surface area contributed by atoms with Gasteiger partial charge in [0.1, 0.15) is 12.1 Å². The SMILES string of the molecule is CSCCN1C(=O)C(c2ccccc2)NC(=O)C1C. The standard InChI is InChI=1S/C14H18N2O2S/c1-10-13(17)15-12(11-6-4-3-5-7-11)14(18)16(10)8-9-19-2/h3-7,10,12H,8-9H2,1-2H3,(H,15,17). The average Bonchev–Trinajstić information content (AvgIpc) is 2.44. The molecule has 2 atom stereocenters. The van der Waals surface area contributed by atoms with Crippen LogP contribution in [0.25, 0.3) is 0 Å². The smallest absolute Gasteiger partial charge is 0.250 e. The van der Waals surface area contributed by atoms with E-state index in [9.17, 15) is 9.59 Å².